The van der Waals surface area contributed by atoms with Crippen LogP contribution in [0.2, 0.25) is 0 Å². The second-order valence-corrected chi connectivity index (χ2v) is 6.78. The average Bonchev–Trinajstić information content (AvgIpc) is 2.92. The van der Waals surface area contributed by atoms with Crippen molar-refractivity contribution in [3.8, 4) is 0 Å². The van der Waals surface area contributed by atoms with Crippen LogP contribution in [-0.2, 0) is 0 Å². The van der Waals surface area contributed by atoms with Crippen LogP contribution in [0.25, 0.3) is 0 Å². The first-order chi connectivity index (χ1) is 9.60. The monoisotopic (exact) mass is 276 g/mol. The van der Waals surface area contributed by atoms with Crippen LogP contribution in [-0.4, -0.2) is 30.1 Å². The van der Waals surface area contributed by atoms with Crippen LogP contribution >= 0.6 is 0 Å². The molecule has 0 bridgehead atoms. The highest BCUT2D eigenvalue weighted by Gasteiger charge is 2.37. The van der Waals surface area contributed by atoms with Crippen LogP contribution < -0.4 is 5.32 Å². The van der Waals surface area contributed by atoms with Crippen molar-refractivity contribution in [2.75, 3.05) is 19.6 Å². The molecule has 2 heterocycles. The fourth-order valence-corrected chi connectivity index (χ4v) is 4.14. The number of aryl methyl sites for hydroxylation is 2. The molecule has 20 heavy (non-hydrogen) atoms. The molecule has 112 valence electrons. The predicted octanol–water partition coefficient (Wildman–Crippen LogP) is 3.57. The zero-order valence-electron chi connectivity index (χ0n) is 13.2. The van der Waals surface area contributed by atoms with Gasteiger partial charge in [-0.05, 0) is 52.6 Å². The van der Waals surface area contributed by atoms with Crippen LogP contribution in [0.4, 0.5) is 0 Å². The Hall–Kier alpha value is -0.800. The molecule has 3 nitrogen and oxygen atoms in total. The third-order valence-electron chi connectivity index (χ3n) is 5.27. The molecule has 3 rings (SSSR count). The molecular weight excluding hydrogens is 248 g/mol. The molecule has 1 aromatic rings. The molecule has 1 saturated heterocycles. The van der Waals surface area contributed by atoms with E-state index in [0.29, 0.717) is 11.6 Å². The van der Waals surface area contributed by atoms with E-state index in [1.165, 1.54) is 57.3 Å². The Bertz CT molecular complexity index is 460. The molecule has 3 heteroatoms. The smallest absolute Gasteiger partial charge is 0.105 e. The molecule has 1 saturated carbocycles. The topological polar surface area (TPSA) is 28.4 Å². The van der Waals surface area contributed by atoms with Gasteiger partial charge in [-0.2, -0.15) is 0 Å². The van der Waals surface area contributed by atoms with Gasteiger partial charge >= 0.3 is 0 Å². The minimum absolute atomic E-state index is 0.386. The van der Waals surface area contributed by atoms with Gasteiger partial charge in [0.1, 0.15) is 11.5 Å². The van der Waals surface area contributed by atoms with Crippen molar-refractivity contribution in [1.82, 2.24) is 10.2 Å². The molecule has 2 aliphatic rings. The van der Waals surface area contributed by atoms with Crippen molar-refractivity contribution >= 4 is 0 Å². The first-order valence-corrected chi connectivity index (χ1v) is 8.16. The van der Waals surface area contributed by atoms with Crippen molar-refractivity contribution in [2.24, 2.45) is 0 Å². The quantitative estimate of drug-likeness (QED) is 0.895. The second-order valence-electron chi connectivity index (χ2n) is 6.78. The maximum Gasteiger partial charge on any atom is 0.105 e. The Labute approximate surface area is 122 Å². The van der Waals surface area contributed by atoms with Gasteiger partial charge in [0.2, 0.25) is 0 Å². The molecule has 1 aliphatic heterocycles. The largest absolute Gasteiger partial charge is 0.466 e. The van der Waals surface area contributed by atoms with Gasteiger partial charge in [0.15, 0.2) is 0 Å². The van der Waals surface area contributed by atoms with Gasteiger partial charge in [0.05, 0.1) is 0 Å². The van der Waals surface area contributed by atoms with Gasteiger partial charge in [-0.1, -0.05) is 12.8 Å². The molecule has 1 N–H and O–H groups in total. The Morgan fingerprint density at radius 3 is 2.65 bits per heavy atom. The number of rotatable bonds is 2. The minimum Gasteiger partial charge on any atom is -0.466 e. The van der Waals surface area contributed by atoms with Crippen molar-refractivity contribution < 1.29 is 4.42 Å². The zero-order chi connectivity index (χ0) is 14.2. The molecule has 0 amide bonds. The summed E-state index contributed by atoms with van der Waals surface area (Å²) < 4.78 is 5.73. The predicted molar refractivity (Wildman–Crippen MR) is 82.0 cm³/mol. The number of hydrogen-bond acceptors (Lipinski definition) is 3. The molecule has 1 unspecified atom stereocenters. The van der Waals surface area contributed by atoms with E-state index >= 15 is 0 Å². The standard InChI is InChI=1S/C17H28N2O/c1-13-11-16(15(3)20-13)14(2)19-10-6-9-18-17(12-19)7-4-5-8-17/h11,14,18H,4-10,12H2,1-3H3. The van der Waals surface area contributed by atoms with Gasteiger partial charge in [-0.3, -0.25) is 4.90 Å². The third kappa shape index (κ3) is 2.66. The van der Waals surface area contributed by atoms with Gasteiger partial charge in [0.25, 0.3) is 0 Å². The SMILES string of the molecule is Cc1cc(C(C)N2CCCNC3(CCCC3)C2)c(C)o1. The van der Waals surface area contributed by atoms with E-state index in [1.807, 2.05) is 6.92 Å². The summed E-state index contributed by atoms with van der Waals surface area (Å²) in [6, 6.07) is 2.68. The summed E-state index contributed by atoms with van der Waals surface area (Å²) in [5.74, 6) is 2.13. The first-order valence-electron chi connectivity index (χ1n) is 8.16. The second kappa shape index (κ2) is 5.53. The van der Waals surface area contributed by atoms with E-state index in [2.05, 4.69) is 30.1 Å². The van der Waals surface area contributed by atoms with E-state index in [4.69, 9.17) is 4.42 Å². The number of furan rings is 1. The van der Waals surface area contributed by atoms with Gasteiger partial charge in [-0.15, -0.1) is 0 Å². The Kier molecular flexibility index (Phi) is 3.91. The molecule has 1 aliphatic carbocycles. The van der Waals surface area contributed by atoms with Gasteiger partial charge in [-0.25, -0.2) is 0 Å². The highest BCUT2D eigenvalue weighted by Crippen LogP contribution is 2.35. The minimum atomic E-state index is 0.386. The summed E-state index contributed by atoms with van der Waals surface area (Å²) in [7, 11) is 0. The van der Waals surface area contributed by atoms with E-state index in [-0.39, 0.29) is 0 Å². The van der Waals surface area contributed by atoms with Crippen molar-refractivity contribution in [3.05, 3.63) is 23.2 Å². The molecule has 0 radical (unpaired) electrons. The van der Waals surface area contributed by atoms with Crippen LogP contribution in [0.1, 0.15) is 62.2 Å². The maximum absolute atomic E-state index is 5.73. The molecule has 2 fully saturated rings. The fourth-order valence-electron chi connectivity index (χ4n) is 4.14. The molecule has 1 atom stereocenters. The summed E-state index contributed by atoms with van der Waals surface area (Å²) in [4.78, 5) is 2.67. The van der Waals surface area contributed by atoms with Crippen LogP contribution in [0.5, 0.6) is 0 Å². The summed E-state index contributed by atoms with van der Waals surface area (Å²) in [5, 5.41) is 3.85. The third-order valence-corrected chi connectivity index (χ3v) is 5.27. The molecule has 0 aromatic carbocycles. The maximum atomic E-state index is 5.73. The highest BCUT2D eigenvalue weighted by atomic mass is 16.3. The Morgan fingerprint density at radius 2 is 2.00 bits per heavy atom. The van der Waals surface area contributed by atoms with E-state index in [1.54, 1.807) is 0 Å². The fraction of sp³-hybridized carbons (Fsp3) is 0.765. The van der Waals surface area contributed by atoms with Crippen LogP contribution in [0.15, 0.2) is 10.5 Å². The van der Waals surface area contributed by atoms with Crippen molar-refractivity contribution in [2.45, 2.75) is 64.5 Å². The van der Waals surface area contributed by atoms with Crippen LogP contribution in [0, 0.1) is 13.8 Å². The van der Waals surface area contributed by atoms with E-state index < -0.39 is 0 Å². The lowest BCUT2D eigenvalue weighted by atomic mass is 9.95. The van der Waals surface area contributed by atoms with Crippen LogP contribution in [0.3, 0.4) is 0 Å². The van der Waals surface area contributed by atoms with Crippen molar-refractivity contribution in [3.63, 3.8) is 0 Å². The molecular formula is C17H28N2O. The number of nitrogens with one attached hydrogen (secondary N) is 1. The van der Waals surface area contributed by atoms with Gasteiger partial charge in [0, 0.05) is 30.2 Å². The number of hydrogen-bond donors (Lipinski definition) is 1. The van der Waals surface area contributed by atoms with E-state index in [9.17, 15) is 0 Å². The number of nitrogens with zero attached hydrogens (tertiary/aromatic N) is 1. The Balaban J connectivity index is 1.79. The Morgan fingerprint density at radius 1 is 1.25 bits per heavy atom. The zero-order valence-corrected chi connectivity index (χ0v) is 13.2. The van der Waals surface area contributed by atoms with E-state index in [0.717, 1.165) is 11.5 Å². The lowest BCUT2D eigenvalue weighted by molar-refractivity contribution is 0.165. The summed E-state index contributed by atoms with van der Waals surface area (Å²) in [6.07, 6.45) is 6.72. The first kappa shape index (κ1) is 14.2. The normalized spacial score (nSPS) is 24.9. The van der Waals surface area contributed by atoms with Crippen molar-refractivity contribution in [1.29, 1.82) is 0 Å². The molecule has 1 aromatic heterocycles. The molecule has 1 spiro atoms. The summed E-state index contributed by atoms with van der Waals surface area (Å²) >= 11 is 0. The van der Waals surface area contributed by atoms with Gasteiger partial charge < -0.3 is 9.73 Å². The lowest BCUT2D eigenvalue weighted by Gasteiger charge is -2.36. The summed E-state index contributed by atoms with van der Waals surface area (Å²) in [6.45, 7) is 10.0. The summed E-state index contributed by atoms with van der Waals surface area (Å²) in [5.41, 5.74) is 1.76. The lowest BCUT2D eigenvalue weighted by Crippen LogP contribution is -2.49. The highest BCUT2D eigenvalue weighted by molar-refractivity contribution is 5.24. The average molecular weight is 276 g/mol.